The summed E-state index contributed by atoms with van der Waals surface area (Å²) in [6.07, 6.45) is 0. The predicted molar refractivity (Wildman–Crippen MR) is 129 cm³/mol. The number of anilines is 3. The van der Waals surface area contributed by atoms with E-state index < -0.39 is 0 Å². The molecule has 0 fully saturated rings. The average molecular weight is 412 g/mol. The van der Waals surface area contributed by atoms with E-state index >= 15 is 0 Å². The van der Waals surface area contributed by atoms with Crippen molar-refractivity contribution in [2.75, 3.05) is 4.90 Å². The van der Waals surface area contributed by atoms with Crippen molar-refractivity contribution in [2.24, 2.45) is 0 Å². The van der Waals surface area contributed by atoms with Crippen LogP contribution in [-0.2, 0) is 5.41 Å². The Labute approximate surface area is 184 Å². The van der Waals surface area contributed by atoms with Crippen molar-refractivity contribution in [3.05, 3.63) is 76.3 Å². The standard InChI is InChI=1S/C28H29NO2/c1-16-8-10-21-23(12-16)30-27-26(21)29(22-11-9-17(2)13-24(22)31-27)25-18(3)14-20(15-19(25)4)28(5,6)7/h8-15H,1-7H3. The molecular weight excluding hydrogens is 382 g/mol. The number of benzene rings is 3. The minimum atomic E-state index is 0.0963. The van der Waals surface area contributed by atoms with Gasteiger partial charge in [0.15, 0.2) is 5.75 Å². The first kappa shape index (κ1) is 19.7. The molecule has 0 bridgehead atoms. The van der Waals surface area contributed by atoms with Crippen molar-refractivity contribution in [1.82, 2.24) is 0 Å². The Kier molecular flexibility index (Phi) is 4.23. The number of hydrogen-bond donors (Lipinski definition) is 0. The zero-order valence-corrected chi connectivity index (χ0v) is 19.4. The average Bonchev–Trinajstić information content (AvgIpc) is 3.02. The molecule has 0 atom stereocenters. The van der Waals surface area contributed by atoms with E-state index in [0.29, 0.717) is 5.95 Å². The summed E-state index contributed by atoms with van der Waals surface area (Å²) in [5.74, 6) is 1.37. The molecule has 31 heavy (non-hydrogen) atoms. The van der Waals surface area contributed by atoms with Crippen LogP contribution >= 0.6 is 0 Å². The zero-order valence-electron chi connectivity index (χ0n) is 19.4. The lowest BCUT2D eigenvalue weighted by Gasteiger charge is -2.33. The van der Waals surface area contributed by atoms with E-state index in [1.54, 1.807) is 0 Å². The highest BCUT2D eigenvalue weighted by Gasteiger charge is 2.33. The minimum absolute atomic E-state index is 0.0963. The van der Waals surface area contributed by atoms with Gasteiger partial charge in [0.25, 0.3) is 0 Å². The monoisotopic (exact) mass is 411 g/mol. The third-order valence-corrected chi connectivity index (χ3v) is 6.15. The van der Waals surface area contributed by atoms with Gasteiger partial charge in [-0.3, -0.25) is 4.90 Å². The van der Waals surface area contributed by atoms with Gasteiger partial charge in [0.05, 0.1) is 11.4 Å². The lowest BCUT2D eigenvalue weighted by atomic mass is 9.84. The van der Waals surface area contributed by atoms with E-state index in [1.165, 1.54) is 27.9 Å². The van der Waals surface area contributed by atoms with Crippen LogP contribution in [-0.4, -0.2) is 0 Å². The van der Waals surface area contributed by atoms with Crippen LogP contribution in [0.25, 0.3) is 11.0 Å². The number of hydrogen-bond acceptors (Lipinski definition) is 3. The number of ether oxygens (including phenoxy) is 1. The van der Waals surface area contributed by atoms with Crippen molar-refractivity contribution < 1.29 is 9.15 Å². The van der Waals surface area contributed by atoms with E-state index in [9.17, 15) is 0 Å². The summed E-state index contributed by atoms with van der Waals surface area (Å²) in [5, 5.41) is 1.06. The smallest absolute Gasteiger partial charge is 0.316 e. The molecule has 158 valence electrons. The molecule has 4 aromatic rings. The van der Waals surface area contributed by atoms with Gasteiger partial charge in [0.2, 0.25) is 0 Å². The maximum Gasteiger partial charge on any atom is 0.316 e. The summed E-state index contributed by atoms with van der Waals surface area (Å²) < 4.78 is 12.5. The van der Waals surface area contributed by atoms with Gasteiger partial charge in [0, 0.05) is 5.39 Å². The van der Waals surface area contributed by atoms with E-state index in [-0.39, 0.29) is 5.41 Å². The second-order valence-corrected chi connectivity index (χ2v) is 9.86. The van der Waals surface area contributed by atoms with Gasteiger partial charge in [-0.1, -0.05) is 45.0 Å². The van der Waals surface area contributed by atoms with Crippen molar-refractivity contribution in [2.45, 2.75) is 53.9 Å². The fraction of sp³-hybridized carbons (Fsp3) is 0.286. The quantitative estimate of drug-likeness (QED) is 0.276. The molecule has 0 N–H and O–H groups in total. The van der Waals surface area contributed by atoms with Crippen LogP contribution < -0.4 is 9.64 Å². The molecule has 3 nitrogen and oxygen atoms in total. The molecule has 0 unspecified atom stereocenters. The van der Waals surface area contributed by atoms with Crippen LogP contribution in [0.1, 0.15) is 48.6 Å². The first-order chi connectivity index (χ1) is 14.6. The van der Waals surface area contributed by atoms with Crippen LogP contribution in [0, 0.1) is 27.7 Å². The normalized spacial score (nSPS) is 13.2. The van der Waals surface area contributed by atoms with Gasteiger partial charge in [0.1, 0.15) is 11.3 Å². The maximum absolute atomic E-state index is 6.28. The number of furan rings is 1. The second kappa shape index (κ2) is 6.65. The Morgan fingerprint density at radius 2 is 1.39 bits per heavy atom. The topological polar surface area (TPSA) is 25.6 Å². The molecule has 0 saturated heterocycles. The van der Waals surface area contributed by atoms with Crippen molar-refractivity contribution >= 4 is 28.0 Å². The second-order valence-electron chi connectivity index (χ2n) is 9.86. The fourth-order valence-electron chi connectivity index (χ4n) is 4.53. The Morgan fingerprint density at radius 3 is 2.06 bits per heavy atom. The molecule has 0 radical (unpaired) electrons. The Balaban J connectivity index is 1.83. The van der Waals surface area contributed by atoms with Gasteiger partial charge < -0.3 is 9.15 Å². The summed E-state index contributed by atoms with van der Waals surface area (Å²) in [6.45, 7) is 15.4. The van der Waals surface area contributed by atoms with Gasteiger partial charge in [-0.25, -0.2) is 0 Å². The van der Waals surface area contributed by atoms with Crippen LogP contribution in [0.3, 0.4) is 0 Å². The van der Waals surface area contributed by atoms with Crippen molar-refractivity contribution in [3.63, 3.8) is 0 Å². The zero-order chi connectivity index (χ0) is 22.1. The Morgan fingerprint density at radius 1 is 0.742 bits per heavy atom. The van der Waals surface area contributed by atoms with Crippen molar-refractivity contribution in [1.29, 1.82) is 0 Å². The van der Waals surface area contributed by atoms with E-state index in [4.69, 9.17) is 9.15 Å². The molecule has 0 aliphatic carbocycles. The molecule has 1 aromatic heterocycles. The Bertz CT molecular complexity index is 1310. The minimum Gasteiger partial charge on any atom is -0.424 e. The summed E-state index contributed by atoms with van der Waals surface area (Å²) in [5.41, 5.74) is 10.3. The van der Waals surface area contributed by atoms with Crippen LogP contribution in [0.15, 0.2) is 52.9 Å². The SMILES string of the molecule is Cc1ccc2c(c1)Oc1oc3cc(C)ccc3c1N2c1c(C)cc(C(C)(C)C)cc1C. The molecule has 0 spiro atoms. The van der Waals surface area contributed by atoms with E-state index in [1.807, 2.05) is 0 Å². The maximum atomic E-state index is 6.28. The molecule has 5 rings (SSSR count). The van der Waals surface area contributed by atoms with Gasteiger partial charge >= 0.3 is 5.95 Å². The van der Waals surface area contributed by atoms with Gasteiger partial charge in [-0.2, -0.15) is 0 Å². The highest BCUT2D eigenvalue weighted by molar-refractivity contribution is 6.03. The number of nitrogens with zero attached hydrogens (tertiary/aromatic N) is 1. The largest absolute Gasteiger partial charge is 0.424 e. The summed E-state index contributed by atoms with van der Waals surface area (Å²) >= 11 is 0. The number of aryl methyl sites for hydroxylation is 4. The number of fused-ring (bicyclic) bond motifs is 4. The molecule has 2 heterocycles. The summed E-state index contributed by atoms with van der Waals surface area (Å²) in [4.78, 5) is 2.33. The number of rotatable bonds is 1. The lowest BCUT2D eigenvalue weighted by Crippen LogP contribution is -2.19. The van der Waals surface area contributed by atoms with Gasteiger partial charge in [-0.05, 0) is 85.2 Å². The first-order valence-corrected chi connectivity index (χ1v) is 10.9. The molecule has 0 amide bonds. The third kappa shape index (κ3) is 3.11. The third-order valence-electron chi connectivity index (χ3n) is 6.15. The molecule has 0 saturated carbocycles. The summed E-state index contributed by atoms with van der Waals surface area (Å²) in [6, 6.07) is 17.3. The highest BCUT2D eigenvalue weighted by Crippen LogP contribution is 2.56. The predicted octanol–water partition coefficient (Wildman–Crippen LogP) is 8.54. The van der Waals surface area contributed by atoms with Gasteiger partial charge in [-0.15, -0.1) is 0 Å². The Hall–Kier alpha value is -3.20. The molecular formula is C28H29NO2. The lowest BCUT2D eigenvalue weighted by molar-refractivity contribution is 0.357. The molecule has 3 heteroatoms. The van der Waals surface area contributed by atoms with Crippen molar-refractivity contribution in [3.8, 4) is 11.7 Å². The first-order valence-electron chi connectivity index (χ1n) is 10.9. The molecule has 1 aliphatic rings. The van der Waals surface area contributed by atoms with Crippen LogP contribution in [0.2, 0.25) is 0 Å². The highest BCUT2D eigenvalue weighted by atomic mass is 16.6. The van der Waals surface area contributed by atoms with Crippen LogP contribution in [0.5, 0.6) is 11.7 Å². The van der Waals surface area contributed by atoms with E-state index in [0.717, 1.165) is 33.7 Å². The summed E-state index contributed by atoms with van der Waals surface area (Å²) in [7, 11) is 0. The van der Waals surface area contributed by atoms with E-state index in [2.05, 4.69) is 102 Å². The fourth-order valence-corrected chi connectivity index (χ4v) is 4.53. The molecule has 3 aromatic carbocycles. The van der Waals surface area contributed by atoms with Crippen LogP contribution in [0.4, 0.5) is 17.1 Å². The molecule has 1 aliphatic heterocycles.